The van der Waals surface area contributed by atoms with Crippen molar-refractivity contribution in [2.45, 2.75) is 19.3 Å². The zero-order valence-corrected chi connectivity index (χ0v) is 12.4. The summed E-state index contributed by atoms with van der Waals surface area (Å²) in [6.07, 6.45) is 1.15. The number of rotatable bonds is 5. The fourth-order valence-corrected chi connectivity index (χ4v) is 1.92. The Morgan fingerprint density at radius 3 is 2.41 bits per heavy atom. The van der Waals surface area contributed by atoms with Crippen LogP contribution in [0.2, 0.25) is 0 Å². The minimum absolute atomic E-state index is 0. The molecule has 0 aliphatic carbocycles. The second kappa shape index (κ2) is 7.23. The van der Waals surface area contributed by atoms with E-state index < -0.39 is 15.9 Å². The van der Waals surface area contributed by atoms with Crippen molar-refractivity contribution in [2.24, 2.45) is 0 Å². The molecule has 17 heavy (non-hydrogen) atoms. The maximum Gasteiger partial charge on any atom is 1.00 e. The van der Waals surface area contributed by atoms with Crippen LogP contribution in [0.15, 0.2) is 18.2 Å². The Hall–Kier alpha value is -0.270. The van der Waals surface area contributed by atoms with E-state index in [2.05, 4.69) is 0 Å². The first kappa shape index (κ1) is 16.7. The first-order chi connectivity index (χ1) is 7.38. The molecule has 0 bridgehead atoms. The van der Waals surface area contributed by atoms with Crippen LogP contribution in [-0.2, 0) is 16.5 Å². The maximum absolute atomic E-state index is 10.3. The van der Waals surface area contributed by atoms with Crippen LogP contribution < -0.4 is 29.6 Å². The Kier molecular flexibility index (Phi) is 7.11. The van der Waals surface area contributed by atoms with Crippen molar-refractivity contribution in [2.75, 3.05) is 5.75 Å². The van der Waals surface area contributed by atoms with Gasteiger partial charge >= 0.3 is 29.6 Å². The zero-order chi connectivity index (χ0) is 12.2. The average molecular weight is 268 g/mol. The molecule has 0 aromatic heterocycles. The summed E-state index contributed by atoms with van der Waals surface area (Å²) >= 11 is 0. The van der Waals surface area contributed by atoms with Crippen molar-refractivity contribution in [1.82, 2.24) is 0 Å². The number of phenolic OH excluding ortho intramolecular Hbond substituents is 2. The van der Waals surface area contributed by atoms with E-state index in [1.807, 2.05) is 0 Å². The third-order valence-electron chi connectivity index (χ3n) is 2.15. The van der Waals surface area contributed by atoms with Gasteiger partial charge in [0.2, 0.25) is 0 Å². The van der Waals surface area contributed by atoms with Crippen LogP contribution in [0.1, 0.15) is 18.4 Å². The summed E-state index contributed by atoms with van der Waals surface area (Å²) in [4.78, 5) is 0. The van der Waals surface area contributed by atoms with Gasteiger partial charge in [-0.25, -0.2) is 8.42 Å². The topological polar surface area (TPSA) is 97.7 Å². The summed E-state index contributed by atoms with van der Waals surface area (Å²) < 4.78 is 31.0. The normalized spacial score (nSPS) is 10.9. The van der Waals surface area contributed by atoms with Crippen LogP contribution in [-0.4, -0.2) is 28.9 Å². The number of aryl methyl sites for hydroxylation is 1. The second-order valence-electron chi connectivity index (χ2n) is 3.53. The molecule has 0 amide bonds. The quantitative estimate of drug-likeness (QED) is 0.278. The van der Waals surface area contributed by atoms with E-state index >= 15 is 0 Å². The zero-order valence-electron chi connectivity index (χ0n) is 9.59. The van der Waals surface area contributed by atoms with E-state index in [4.69, 9.17) is 5.11 Å². The van der Waals surface area contributed by atoms with Crippen LogP contribution in [0.4, 0.5) is 0 Å². The summed E-state index contributed by atoms with van der Waals surface area (Å²) in [5.41, 5.74) is 0.545. The molecule has 1 aromatic rings. The smallest absolute Gasteiger partial charge is 0.748 e. The fraction of sp³-hybridized carbons (Fsp3) is 0.400. The summed E-state index contributed by atoms with van der Waals surface area (Å²) in [5, 5.41) is 18.6. The van der Waals surface area contributed by atoms with Gasteiger partial charge in [-0.2, -0.15) is 0 Å². The molecule has 0 fully saturated rings. The van der Waals surface area contributed by atoms with Gasteiger partial charge in [0.05, 0.1) is 10.1 Å². The summed E-state index contributed by atoms with van der Waals surface area (Å²) in [7, 11) is -4.16. The van der Waals surface area contributed by atoms with Gasteiger partial charge in [0.1, 0.15) is 11.5 Å². The van der Waals surface area contributed by atoms with Crippen LogP contribution in [0.3, 0.4) is 0 Å². The van der Waals surface area contributed by atoms with E-state index in [9.17, 15) is 18.1 Å². The number of phenols is 2. The molecule has 0 spiro atoms. The minimum atomic E-state index is -4.16. The molecule has 0 saturated heterocycles. The van der Waals surface area contributed by atoms with Gasteiger partial charge < -0.3 is 14.8 Å². The van der Waals surface area contributed by atoms with Crippen molar-refractivity contribution in [1.29, 1.82) is 0 Å². The molecular formula is C10H13NaO5S. The first-order valence-corrected chi connectivity index (χ1v) is 6.40. The minimum Gasteiger partial charge on any atom is -0.748 e. The molecule has 7 heteroatoms. The van der Waals surface area contributed by atoms with Crippen molar-refractivity contribution >= 4 is 10.1 Å². The monoisotopic (exact) mass is 268 g/mol. The van der Waals surface area contributed by atoms with Crippen LogP contribution in [0, 0.1) is 0 Å². The molecule has 0 heterocycles. The molecule has 0 radical (unpaired) electrons. The largest absolute Gasteiger partial charge is 1.00 e. The number of unbranched alkanes of at least 4 members (excludes halogenated alkanes) is 1. The standard InChI is InChI=1S/C10H14O5S.Na/c11-9-4-5-10(12)8(7-9)3-1-2-6-16(13,14)15;/h4-5,7,11-12H,1-3,6H2,(H,13,14,15);/q;+1/p-1. The van der Waals surface area contributed by atoms with Crippen LogP contribution >= 0.6 is 0 Å². The fourth-order valence-electron chi connectivity index (χ4n) is 1.37. The summed E-state index contributed by atoms with van der Waals surface area (Å²) in [6, 6.07) is 4.15. The van der Waals surface area contributed by atoms with Crippen molar-refractivity contribution in [3.05, 3.63) is 23.8 Å². The molecule has 1 rings (SSSR count). The molecule has 0 atom stereocenters. The van der Waals surface area contributed by atoms with E-state index in [1.54, 1.807) is 0 Å². The molecule has 0 aliphatic rings. The van der Waals surface area contributed by atoms with Gasteiger partial charge in [0, 0.05) is 5.75 Å². The Balaban J connectivity index is 0.00000256. The van der Waals surface area contributed by atoms with Gasteiger partial charge in [0.15, 0.2) is 0 Å². The molecule has 2 N–H and O–H groups in total. The molecular weight excluding hydrogens is 255 g/mol. The van der Waals surface area contributed by atoms with Gasteiger partial charge in [0.25, 0.3) is 0 Å². The first-order valence-electron chi connectivity index (χ1n) is 4.83. The number of hydrogen-bond donors (Lipinski definition) is 2. The second-order valence-corrected chi connectivity index (χ2v) is 5.06. The third-order valence-corrected chi connectivity index (χ3v) is 2.94. The molecule has 5 nitrogen and oxygen atoms in total. The van der Waals surface area contributed by atoms with E-state index in [1.165, 1.54) is 18.2 Å². The van der Waals surface area contributed by atoms with Crippen LogP contribution in [0.5, 0.6) is 11.5 Å². The molecule has 90 valence electrons. The summed E-state index contributed by atoms with van der Waals surface area (Å²) in [6.45, 7) is 0. The summed E-state index contributed by atoms with van der Waals surface area (Å²) in [5.74, 6) is -0.293. The average Bonchev–Trinajstić information content (AvgIpc) is 2.16. The van der Waals surface area contributed by atoms with Gasteiger partial charge in [-0.3, -0.25) is 0 Å². The third kappa shape index (κ3) is 6.90. The van der Waals surface area contributed by atoms with Gasteiger partial charge in [-0.1, -0.05) is 0 Å². The number of hydrogen-bond acceptors (Lipinski definition) is 5. The molecule has 1 aromatic carbocycles. The Morgan fingerprint density at radius 2 is 1.82 bits per heavy atom. The predicted molar refractivity (Wildman–Crippen MR) is 57.3 cm³/mol. The van der Waals surface area contributed by atoms with Crippen molar-refractivity contribution in [3.63, 3.8) is 0 Å². The predicted octanol–water partition coefficient (Wildman–Crippen LogP) is -2.03. The van der Waals surface area contributed by atoms with Crippen molar-refractivity contribution < 1.29 is 52.7 Å². The Labute approximate surface area is 123 Å². The maximum atomic E-state index is 10.3. The number of aromatic hydroxyl groups is 2. The molecule has 0 unspecified atom stereocenters. The Bertz CT molecular complexity index is 458. The Morgan fingerprint density at radius 1 is 1.18 bits per heavy atom. The van der Waals surface area contributed by atoms with Crippen LogP contribution in [0.25, 0.3) is 0 Å². The molecule has 0 aliphatic heterocycles. The molecule has 0 saturated carbocycles. The van der Waals surface area contributed by atoms with Gasteiger partial charge in [-0.15, -0.1) is 0 Å². The van der Waals surface area contributed by atoms with E-state index in [-0.39, 0.29) is 47.5 Å². The number of benzene rings is 1. The van der Waals surface area contributed by atoms with Gasteiger partial charge in [-0.05, 0) is 43.0 Å². The SMILES string of the molecule is O=S(=O)([O-])CCCCc1cc(O)ccc1O.[Na+]. The van der Waals surface area contributed by atoms with Crippen molar-refractivity contribution in [3.8, 4) is 11.5 Å². The van der Waals surface area contributed by atoms with E-state index in [0.29, 0.717) is 18.4 Å². The van der Waals surface area contributed by atoms with E-state index in [0.717, 1.165) is 0 Å².